The van der Waals surface area contributed by atoms with Gasteiger partial charge in [0.25, 0.3) is 0 Å². The van der Waals surface area contributed by atoms with E-state index in [2.05, 4.69) is 0 Å². The van der Waals surface area contributed by atoms with Gasteiger partial charge in [0.2, 0.25) is 5.69 Å². The second-order valence-electron chi connectivity index (χ2n) is 5.88. The van der Waals surface area contributed by atoms with Gasteiger partial charge in [-0.2, -0.15) is 35.4 Å². The van der Waals surface area contributed by atoms with Crippen molar-refractivity contribution < 1.29 is 35.4 Å². The van der Waals surface area contributed by atoms with Crippen LogP contribution >= 0.6 is 0 Å². The Morgan fingerprint density at radius 2 is 1.52 bits per heavy atom. The van der Waals surface area contributed by atoms with Crippen LogP contribution in [-0.2, 0) is 19.0 Å². The fourth-order valence-electron chi connectivity index (χ4n) is 2.98. The van der Waals surface area contributed by atoms with Gasteiger partial charge in [-0.25, -0.2) is 0 Å². The maximum atomic E-state index is 14.2. The average Bonchev–Trinajstić information content (AvgIpc) is 2.95. The van der Waals surface area contributed by atoms with E-state index in [-0.39, 0.29) is 18.8 Å². The maximum Gasteiger partial charge on any atom is 0.460 e. The molecule has 0 saturated heterocycles. The number of alkyl halides is 7. The fraction of sp³-hybridized carbons (Fsp3) is 0.438. The van der Waals surface area contributed by atoms with E-state index in [4.69, 9.17) is 0 Å². The van der Waals surface area contributed by atoms with Gasteiger partial charge >= 0.3 is 18.0 Å². The highest BCUT2D eigenvalue weighted by atomic mass is 19.4. The van der Waals surface area contributed by atoms with Crippen molar-refractivity contribution in [2.45, 2.75) is 44.0 Å². The molecule has 1 aromatic heterocycles. The second-order valence-corrected chi connectivity index (χ2v) is 5.88. The number of fused-ring (bicyclic) bond motifs is 1. The van der Waals surface area contributed by atoms with E-state index in [0.717, 1.165) is 10.7 Å². The molecule has 0 amide bonds. The summed E-state index contributed by atoms with van der Waals surface area (Å²) in [5.74, 6) is -11.5. The molecule has 0 unspecified atom stereocenters. The Balaban J connectivity index is 2.19. The van der Waals surface area contributed by atoms with E-state index in [1.807, 2.05) is 0 Å². The number of aromatic nitrogens is 2. The molecule has 2 heterocycles. The lowest BCUT2D eigenvalue weighted by molar-refractivity contribution is -0.773. The highest BCUT2D eigenvalue weighted by molar-refractivity contribution is 5.56. The molecule has 0 N–H and O–H groups in total. The molecule has 0 saturated carbocycles. The van der Waals surface area contributed by atoms with Crippen LogP contribution in [-0.4, -0.2) is 16.8 Å². The molecule has 1 aliphatic heterocycles. The third kappa shape index (κ3) is 2.69. The lowest BCUT2D eigenvalue weighted by Gasteiger charge is -2.28. The predicted octanol–water partition coefficient (Wildman–Crippen LogP) is 4.53. The van der Waals surface area contributed by atoms with E-state index >= 15 is 0 Å². The molecule has 0 spiro atoms. The first kappa shape index (κ1) is 17.8. The summed E-state index contributed by atoms with van der Waals surface area (Å²) in [6, 6.07) is 8.85. The van der Waals surface area contributed by atoms with Crippen LogP contribution in [0.2, 0.25) is 0 Å². The van der Waals surface area contributed by atoms with Gasteiger partial charge in [-0.15, -0.1) is 4.68 Å². The number of rotatable bonds is 3. The summed E-state index contributed by atoms with van der Waals surface area (Å²) >= 11 is 0. The van der Waals surface area contributed by atoms with Crippen LogP contribution in [0.15, 0.2) is 36.4 Å². The minimum atomic E-state index is -6.35. The summed E-state index contributed by atoms with van der Waals surface area (Å²) in [6.45, 7) is 0.212. The van der Waals surface area contributed by atoms with Crippen molar-refractivity contribution in [3.8, 4) is 11.3 Å². The summed E-state index contributed by atoms with van der Waals surface area (Å²) in [5.41, 5.74) is -0.670. The summed E-state index contributed by atoms with van der Waals surface area (Å²) in [7, 11) is 0. The van der Waals surface area contributed by atoms with E-state index in [0.29, 0.717) is 18.4 Å². The third-order valence-electron chi connectivity index (χ3n) is 4.25. The largest absolute Gasteiger partial charge is 0.460 e. The quantitative estimate of drug-likeness (QED) is 0.557. The summed E-state index contributed by atoms with van der Waals surface area (Å²) in [5, 5.41) is 0. The number of benzene rings is 1. The van der Waals surface area contributed by atoms with Gasteiger partial charge in [-0.1, -0.05) is 18.2 Å². The van der Waals surface area contributed by atoms with Crippen molar-refractivity contribution in [3.63, 3.8) is 0 Å². The Bertz CT molecular complexity index is 763. The fourth-order valence-corrected chi connectivity index (χ4v) is 2.98. The van der Waals surface area contributed by atoms with Crippen LogP contribution in [0, 0.1) is 0 Å². The van der Waals surface area contributed by atoms with Gasteiger partial charge < -0.3 is 0 Å². The summed E-state index contributed by atoms with van der Waals surface area (Å²) in [6.07, 6.45) is -5.31. The average molecular weight is 367 g/mol. The first-order valence-corrected chi connectivity index (χ1v) is 7.59. The molecule has 2 aromatic rings. The van der Waals surface area contributed by atoms with Crippen molar-refractivity contribution in [2.75, 3.05) is 0 Å². The maximum absolute atomic E-state index is 14.2. The third-order valence-corrected chi connectivity index (χ3v) is 4.25. The zero-order valence-corrected chi connectivity index (χ0v) is 12.8. The normalized spacial score (nSPS) is 16.0. The predicted molar refractivity (Wildman–Crippen MR) is 74.2 cm³/mol. The van der Waals surface area contributed by atoms with Crippen molar-refractivity contribution in [1.29, 1.82) is 0 Å². The molecule has 25 heavy (non-hydrogen) atoms. The van der Waals surface area contributed by atoms with Crippen LogP contribution < -0.4 is 4.68 Å². The number of halogens is 7. The lowest BCUT2D eigenvalue weighted by Crippen LogP contribution is -2.54. The number of hydrogen-bond acceptors (Lipinski definition) is 0. The molecule has 2 nitrogen and oxygen atoms in total. The second kappa shape index (κ2) is 5.74. The van der Waals surface area contributed by atoms with E-state index in [1.54, 1.807) is 30.3 Å². The van der Waals surface area contributed by atoms with Gasteiger partial charge in [0.1, 0.15) is 0 Å². The van der Waals surface area contributed by atoms with Crippen LogP contribution in [0.1, 0.15) is 18.5 Å². The molecular weight excluding hydrogens is 353 g/mol. The van der Waals surface area contributed by atoms with Crippen molar-refractivity contribution in [2.24, 2.45) is 0 Å². The molecule has 136 valence electrons. The Kier molecular flexibility index (Phi) is 4.08. The first-order valence-electron chi connectivity index (χ1n) is 7.59. The van der Waals surface area contributed by atoms with Crippen molar-refractivity contribution >= 4 is 0 Å². The smallest absolute Gasteiger partial charge is 0.192 e. The zero-order valence-electron chi connectivity index (χ0n) is 12.8. The summed E-state index contributed by atoms with van der Waals surface area (Å²) < 4.78 is 95.2. The Hall–Kier alpha value is -2.06. The van der Waals surface area contributed by atoms with Crippen molar-refractivity contribution in [3.05, 3.63) is 42.1 Å². The van der Waals surface area contributed by atoms with Crippen LogP contribution in [0.5, 0.6) is 0 Å². The standard InChI is InChI=1S/C16H14F7N2/c17-14(18,15(19,20)16(21,22)23)13-10-12(11-6-2-1-3-7-11)24-8-4-5-9-25(13)24/h1-3,6-7,10H,4-5,8-9H2/q+1. The van der Waals surface area contributed by atoms with E-state index < -0.39 is 23.7 Å². The molecule has 0 bridgehead atoms. The molecule has 0 fully saturated rings. The molecule has 0 atom stereocenters. The van der Waals surface area contributed by atoms with Gasteiger partial charge in [-0.3, -0.25) is 0 Å². The van der Waals surface area contributed by atoms with Gasteiger partial charge in [0.15, 0.2) is 12.2 Å². The van der Waals surface area contributed by atoms with Crippen molar-refractivity contribution in [1.82, 2.24) is 4.68 Å². The summed E-state index contributed by atoms with van der Waals surface area (Å²) in [4.78, 5) is 0. The first-order chi connectivity index (χ1) is 11.6. The molecule has 3 rings (SSSR count). The lowest BCUT2D eigenvalue weighted by atomic mass is 10.1. The monoisotopic (exact) mass is 367 g/mol. The molecule has 0 radical (unpaired) electrons. The minimum Gasteiger partial charge on any atom is -0.192 e. The Labute approximate surface area is 138 Å². The molecule has 0 aliphatic carbocycles. The van der Waals surface area contributed by atoms with Crippen LogP contribution in [0.4, 0.5) is 30.7 Å². The molecule has 9 heteroatoms. The highest BCUT2D eigenvalue weighted by Crippen LogP contribution is 2.52. The topological polar surface area (TPSA) is 8.81 Å². The van der Waals surface area contributed by atoms with Gasteiger partial charge in [0, 0.05) is 18.1 Å². The minimum absolute atomic E-state index is 0.0499. The molecule has 1 aromatic carbocycles. The zero-order chi connectivity index (χ0) is 18.5. The van der Waals surface area contributed by atoms with E-state index in [1.165, 1.54) is 4.68 Å². The van der Waals surface area contributed by atoms with E-state index in [9.17, 15) is 30.7 Å². The Morgan fingerprint density at radius 3 is 2.12 bits per heavy atom. The van der Waals surface area contributed by atoms with Gasteiger partial charge in [0.05, 0.1) is 6.54 Å². The number of hydrogen-bond donors (Lipinski definition) is 0. The number of nitrogens with zero attached hydrogens (tertiary/aromatic N) is 2. The van der Waals surface area contributed by atoms with Crippen LogP contribution in [0.3, 0.4) is 0 Å². The highest BCUT2D eigenvalue weighted by Gasteiger charge is 2.75. The Morgan fingerprint density at radius 1 is 0.880 bits per heavy atom. The molecule has 1 aliphatic rings. The SMILES string of the molecule is FC(F)(F)C(F)(F)C(F)(F)c1cc(-c2ccccc2)[n+]2n1CCCC2. The van der Waals surface area contributed by atoms with Crippen LogP contribution in [0.25, 0.3) is 11.3 Å². The van der Waals surface area contributed by atoms with Gasteiger partial charge in [-0.05, 0) is 18.6 Å². The molecular formula is C16H14F7N2+.